The highest BCUT2D eigenvalue weighted by molar-refractivity contribution is 5.86. The topological polar surface area (TPSA) is 87.7 Å². The second-order valence-electron chi connectivity index (χ2n) is 6.11. The Morgan fingerprint density at radius 2 is 1.88 bits per heavy atom. The highest BCUT2D eigenvalue weighted by Crippen LogP contribution is 2.34. The van der Waals surface area contributed by atoms with E-state index in [1.807, 2.05) is 24.3 Å². The monoisotopic (exact) mass is 358 g/mol. The van der Waals surface area contributed by atoms with Gasteiger partial charge in [-0.25, -0.2) is 9.18 Å². The van der Waals surface area contributed by atoms with E-state index in [0.29, 0.717) is 12.0 Å². The van der Waals surface area contributed by atoms with Crippen LogP contribution in [-0.2, 0) is 16.0 Å². The van der Waals surface area contributed by atoms with Crippen LogP contribution in [0.4, 0.5) is 9.18 Å². The lowest BCUT2D eigenvalue weighted by Crippen LogP contribution is -2.45. The molecular formula is C19H19FN2O4. The summed E-state index contributed by atoms with van der Waals surface area (Å²) in [6.07, 6.45) is -1.06. The zero-order valence-corrected chi connectivity index (χ0v) is 14.1. The molecule has 26 heavy (non-hydrogen) atoms. The number of rotatable bonds is 5. The molecule has 3 atom stereocenters. The molecule has 0 saturated carbocycles. The fourth-order valence-electron chi connectivity index (χ4n) is 3.32. The summed E-state index contributed by atoms with van der Waals surface area (Å²) in [5.41, 5.74) is 2.44. The number of carbonyl (C=O) groups is 2. The third kappa shape index (κ3) is 3.67. The van der Waals surface area contributed by atoms with Crippen LogP contribution in [-0.4, -0.2) is 30.3 Å². The first-order chi connectivity index (χ1) is 12.5. The zero-order valence-electron chi connectivity index (χ0n) is 14.1. The summed E-state index contributed by atoms with van der Waals surface area (Å²) in [7, 11) is 1.57. The lowest BCUT2D eigenvalue weighted by atomic mass is 10.0. The van der Waals surface area contributed by atoms with E-state index in [9.17, 15) is 14.0 Å². The van der Waals surface area contributed by atoms with Gasteiger partial charge in [0.1, 0.15) is 18.0 Å². The highest BCUT2D eigenvalue weighted by Gasteiger charge is 2.35. The fraction of sp³-hybridized carbons (Fsp3) is 0.263. The summed E-state index contributed by atoms with van der Waals surface area (Å²) in [5, 5.41) is 14.1. The number of carboxylic acid groups (broad SMARTS) is 1. The highest BCUT2D eigenvalue weighted by atomic mass is 19.1. The third-order valence-electron chi connectivity index (χ3n) is 4.48. The molecule has 2 aromatic carbocycles. The van der Waals surface area contributed by atoms with Crippen molar-refractivity contribution in [3.8, 4) is 0 Å². The van der Waals surface area contributed by atoms with Crippen LogP contribution in [0, 0.1) is 5.82 Å². The Balaban J connectivity index is 1.80. The van der Waals surface area contributed by atoms with E-state index in [4.69, 9.17) is 9.84 Å². The Hall–Kier alpha value is -2.93. The van der Waals surface area contributed by atoms with Gasteiger partial charge in [0.05, 0.1) is 6.04 Å². The summed E-state index contributed by atoms with van der Waals surface area (Å²) in [5.74, 6) is -0.979. The van der Waals surface area contributed by atoms with Crippen LogP contribution in [0.3, 0.4) is 0 Å². The second-order valence-corrected chi connectivity index (χ2v) is 6.11. The number of hydrogen-bond donors (Lipinski definition) is 3. The first-order valence-corrected chi connectivity index (χ1v) is 8.15. The predicted molar refractivity (Wildman–Crippen MR) is 92.1 cm³/mol. The molecule has 6 nitrogen and oxygen atoms in total. The standard InChI is InChI=1S/C19H19FN2O4/c1-26-17-14-5-3-2-4-12(14)10-15(17)21-18(23)16(22-19(24)25)11-6-8-13(20)9-7-11/h2-9,15-17,22H,10H2,1H3,(H,21,23)(H,24,25)/t15-,16?,17-/m1/s1. The van der Waals surface area contributed by atoms with Crippen LogP contribution in [0.2, 0.25) is 0 Å². The minimum atomic E-state index is -1.34. The molecule has 136 valence electrons. The molecule has 0 radical (unpaired) electrons. The lowest BCUT2D eigenvalue weighted by molar-refractivity contribution is -0.124. The number of benzene rings is 2. The Morgan fingerprint density at radius 3 is 2.54 bits per heavy atom. The molecule has 2 aromatic rings. The first kappa shape index (κ1) is 17.9. The van der Waals surface area contributed by atoms with E-state index >= 15 is 0 Å². The zero-order chi connectivity index (χ0) is 18.7. The fourth-order valence-corrected chi connectivity index (χ4v) is 3.32. The summed E-state index contributed by atoms with van der Waals surface area (Å²) >= 11 is 0. The van der Waals surface area contributed by atoms with Gasteiger partial charge in [-0.1, -0.05) is 36.4 Å². The average Bonchev–Trinajstić information content (AvgIpc) is 2.97. The van der Waals surface area contributed by atoms with Gasteiger partial charge in [0.25, 0.3) is 0 Å². The van der Waals surface area contributed by atoms with Crippen molar-refractivity contribution in [2.75, 3.05) is 7.11 Å². The van der Waals surface area contributed by atoms with E-state index in [1.54, 1.807) is 7.11 Å². The molecule has 3 N–H and O–H groups in total. The van der Waals surface area contributed by atoms with Crippen molar-refractivity contribution in [2.45, 2.75) is 24.6 Å². The van der Waals surface area contributed by atoms with Crippen LogP contribution in [0.5, 0.6) is 0 Å². The molecule has 0 bridgehead atoms. The van der Waals surface area contributed by atoms with Crippen molar-refractivity contribution >= 4 is 12.0 Å². The van der Waals surface area contributed by atoms with E-state index < -0.39 is 23.9 Å². The van der Waals surface area contributed by atoms with Crippen LogP contribution in [0.1, 0.15) is 28.8 Å². The number of halogens is 1. The molecule has 0 aromatic heterocycles. The summed E-state index contributed by atoms with van der Waals surface area (Å²) < 4.78 is 18.7. The Kier molecular flexibility index (Phi) is 5.18. The molecule has 0 aliphatic heterocycles. The maximum absolute atomic E-state index is 13.1. The molecule has 1 aliphatic carbocycles. The molecule has 0 saturated heterocycles. The maximum atomic E-state index is 13.1. The van der Waals surface area contributed by atoms with Crippen molar-refractivity contribution in [3.05, 3.63) is 71.0 Å². The Labute approximate surface area is 150 Å². The largest absolute Gasteiger partial charge is 0.465 e. The van der Waals surface area contributed by atoms with Gasteiger partial charge in [0.15, 0.2) is 0 Å². The molecule has 0 heterocycles. The van der Waals surface area contributed by atoms with Crippen LogP contribution < -0.4 is 10.6 Å². The van der Waals surface area contributed by atoms with Crippen molar-refractivity contribution in [1.29, 1.82) is 0 Å². The Morgan fingerprint density at radius 1 is 1.19 bits per heavy atom. The van der Waals surface area contributed by atoms with Crippen LogP contribution >= 0.6 is 0 Å². The summed E-state index contributed by atoms with van der Waals surface area (Å²) in [6.45, 7) is 0. The molecule has 2 amide bonds. The summed E-state index contributed by atoms with van der Waals surface area (Å²) in [4.78, 5) is 23.8. The SMILES string of the molecule is CO[C@@H]1c2ccccc2C[C@H]1NC(=O)C(NC(=O)O)c1ccc(F)cc1. The smallest absolute Gasteiger partial charge is 0.405 e. The van der Waals surface area contributed by atoms with Gasteiger partial charge in [0, 0.05) is 7.11 Å². The van der Waals surface area contributed by atoms with Crippen molar-refractivity contribution in [2.24, 2.45) is 0 Å². The minimum Gasteiger partial charge on any atom is -0.465 e. The van der Waals surface area contributed by atoms with E-state index in [1.165, 1.54) is 24.3 Å². The molecule has 7 heteroatoms. The predicted octanol–water partition coefficient (Wildman–Crippen LogP) is 2.56. The molecule has 1 aliphatic rings. The molecule has 3 rings (SSSR count). The first-order valence-electron chi connectivity index (χ1n) is 8.15. The van der Waals surface area contributed by atoms with Gasteiger partial charge in [-0.2, -0.15) is 0 Å². The second kappa shape index (κ2) is 7.53. The molecule has 0 fully saturated rings. The quantitative estimate of drug-likeness (QED) is 0.767. The number of hydrogen-bond acceptors (Lipinski definition) is 3. The van der Waals surface area contributed by atoms with Gasteiger partial charge in [-0.05, 0) is 35.2 Å². The van der Waals surface area contributed by atoms with Crippen molar-refractivity contribution < 1.29 is 23.8 Å². The van der Waals surface area contributed by atoms with E-state index in [2.05, 4.69) is 10.6 Å². The normalized spacial score (nSPS) is 19.5. The van der Waals surface area contributed by atoms with Crippen LogP contribution in [0.15, 0.2) is 48.5 Å². The van der Waals surface area contributed by atoms with Crippen molar-refractivity contribution in [3.63, 3.8) is 0 Å². The minimum absolute atomic E-state index is 0.311. The summed E-state index contributed by atoms with van der Waals surface area (Å²) in [6, 6.07) is 11.4. The van der Waals surface area contributed by atoms with Gasteiger partial charge in [-0.15, -0.1) is 0 Å². The number of carbonyl (C=O) groups excluding carboxylic acids is 1. The van der Waals surface area contributed by atoms with E-state index in [-0.39, 0.29) is 12.1 Å². The molecule has 0 spiro atoms. The number of nitrogens with one attached hydrogen (secondary N) is 2. The van der Waals surface area contributed by atoms with Gasteiger partial charge >= 0.3 is 6.09 Å². The number of amides is 2. The molecule has 1 unspecified atom stereocenters. The van der Waals surface area contributed by atoms with Crippen molar-refractivity contribution in [1.82, 2.24) is 10.6 Å². The number of methoxy groups -OCH3 is 1. The van der Waals surface area contributed by atoms with Gasteiger partial charge < -0.3 is 20.5 Å². The van der Waals surface area contributed by atoms with E-state index in [0.717, 1.165) is 11.1 Å². The maximum Gasteiger partial charge on any atom is 0.405 e. The molecular weight excluding hydrogens is 339 g/mol. The Bertz CT molecular complexity index is 809. The average molecular weight is 358 g/mol. The lowest BCUT2D eigenvalue weighted by Gasteiger charge is -2.24. The number of fused-ring (bicyclic) bond motifs is 1. The van der Waals surface area contributed by atoms with Gasteiger partial charge in [-0.3, -0.25) is 4.79 Å². The van der Waals surface area contributed by atoms with Gasteiger partial charge in [0.2, 0.25) is 5.91 Å². The number of ether oxygens (including phenoxy) is 1. The van der Waals surface area contributed by atoms with Crippen LogP contribution in [0.25, 0.3) is 0 Å². The third-order valence-corrected chi connectivity index (χ3v) is 4.48.